The van der Waals surface area contributed by atoms with Crippen molar-refractivity contribution in [2.75, 3.05) is 0 Å². The fourth-order valence-electron chi connectivity index (χ4n) is 4.92. The van der Waals surface area contributed by atoms with Crippen LogP contribution in [0, 0.1) is 17.6 Å². The summed E-state index contributed by atoms with van der Waals surface area (Å²) in [6.45, 7) is 2.22. The molecule has 1 aliphatic carbocycles. The second-order valence-electron chi connectivity index (χ2n) is 9.13. The maximum Gasteiger partial charge on any atom is 0.314 e. The van der Waals surface area contributed by atoms with Crippen LogP contribution in [0.1, 0.15) is 81.4 Å². The van der Waals surface area contributed by atoms with Crippen LogP contribution >= 0.6 is 0 Å². The number of rotatable bonds is 10. The Labute approximate surface area is 184 Å². The second kappa shape index (κ2) is 10.9. The second-order valence-corrected chi connectivity index (χ2v) is 9.13. The number of carbonyl (C=O) groups is 1. The third-order valence-corrected chi connectivity index (χ3v) is 7.03. The predicted octanol–water partition coefficient (Wildman–Crippen LogP) is 7.23. The summed E-state index contributed by atoms with van der Waals surface area (Å²) in [6.07, 6.45) is 11.0. The highest BCUT2D eigenvalue weighted by Crippen LogP contribution is 2.43. The zero-order valence-corrected chi connectivity index (χ0v) is 18.5. The molecule has 0 bridgehead atoms. The molecule has 2 aromatic rings. The summed E-state index contributed by atoms with van der Waals surface area (Å²) in [5.74, 6) is -1.72. The summed E-state index contributed by atoms with van der Waals surface area (Å²) in [4.78, 5) is 12.3. The average molecular weight is 429 g/mol. The zero-order valence-electron chi connectivity index (χ0n) is 18.5. The zero-order chi connectivity index (χ0) is 22.3. The fraction of sp³-hybridized carbons (Fsp3) is 0.519. The molecule has 0 radical (unpaired) electrons. The van der Waals surface area contributed by atoms with E-state index in [9.17, 15) is 18.7 Å². The van der Waals surface area contributed by atoms with Gasteiger partial charge in [-0.2, -0.15) is 0 Å². The molecule has 1 aliphatic rings. The molecule has 3 rings (SSSR count). The molecule has 2 aromatic carbocycles. The van der Waals surface area contributed by atoms with Gasteiger partial charge in [0.05, 0.1) is 5.41 Å². The Hall–Kier alpha value is -2.23. The topological polar surface area (TPSA) is 37.3 Å². The number of halogens is 2. The number of hydrogen-bond acceptors (Lipinski definition) is 1. The summed E-state index contributed by atoms with van der Waals surface area (Å²) in [5.41, 5.74) is 1.93. The van der Waals surface area contributed by atoms with E-state index in [1.807, 2.05) is 24.3 Å². The minimum Gasteiger partial charge on any atom is -0.481 e. The van der Waals surface area contributed by atoms with E-state index >= 15 is 0 Å². The van der Waals surface area contributed by atoms with Crippen molar-refractivity contribution in [1.82, 2.24) is 0 Å². The lowest BCUT2D eigenvalue weighted by Crippen LogP contribution is -2.39. The van der Waals surface area contributed by atoms with Gasteiger partial charge in [0, 0.05) is 0 Å². The summed E-state index contributed by atoms with van der Waals surface area (Å²) in [6, 6.07) is 11.9. The third kappa shape index (κ3) is 5.93. The molecule has 0 amide bonds. The molecule has 0 atom stereocenters. The molecule has 0 aromatic heterocycles. The SMILES string of the molecule is CCCCCCC1CCC(C(=O)O)(c2ccc(CCc3ccc(F)c(F)c3)cc2)CC1. The van der Waals surface area contributed by atoms with Crippen LogP contribution in [-0.2, 0) is 23.1 Å². The van der Waals surface area contributed by atoms with E-state index in [0.29, 0.717) is 31.6 Å². The first-order valence-electron chi connectivity index (χ1n) is 11.7. The van der Waals surface area contributed by atoms with E-state index in [-0.39, 0.29) is 0 Å². The van der Waals surface area contributed by atoms with Gasteiger partial charge in [-0.05, 0) is 73.3 Å². The summed E-state index contributed by atoms with van der Waals surface area (Å²) in [5, 5.41) is 10.1. The largest absolute Gasteiger partial charge is 0.481 e. The first-order chi connectivity index (χ1) is 14.9. The Morgan fingerprint density at radius 3 is 2.19 bits per heavy atom. The molecule has 2 nitrogen and oxygen atoms in total. The van der Waals surface area contributed by atoms with Crippen LogP contribution in [0.3, 0.4) is 0 Å². The van der Waals surface area contributed by atoms with Crippen LogP contribution < -0.4 is 0 Å². The molecule has 168 valence electrons. The number of unbranched alkanes of at least 4 members (excludes halogenated alkanes) is 3. The fourth-order valence-corrected chi connectivity index (χ4v) is 4.92. The van der Waals surface area contributed by atoms with Gasteiger partial charge >= 0.3 is 5.97 Å². The number of hydrogen-bond donors (Lipinski definition) is 1. The first-order valence-corrected chi connectivity index (χ1v) is 11.7. The lowest BCUT2D eigenvalue weighted by molar-refractivity contribution is -0.145. The van der Waals surface area contributed by atoms with Gasteiger partial charge < -0.3 is 5.11 Å². The molecule has 0 heterocycles. The van der Waals surface area contributed by atoms with Crippen LogP contribution in [0.15, 0.2) is 42.5 Å². The van der Waals surface area contributed by atoms with Crippen molar-refractivity contribution in [3.8, 4) is 0 Å². The maximum atomic E-state index is 13.4. The van der Waals surface area contributed by atoms with Crippen LogP contribution in [0.25, 0.3) is 0 Å². The Bertz CT molecular complexity index is 852. The molecule has 4 heteroatoms. The van der Waals surface area contributed by atoms with E-state index in [0.717, 1.165) is 35.6 Å². The summed E-state index contributed by atoms with van der Waals surface area (Å²) in [7, 11) is 0. The van der Waals surface area contributed by atoms with Gasteiger partial charge in [-0.15, -0.1) is 0 Å². The molecule has 1 fully saturated rings. The number of benzene rings is 2. The van der Waals surface area contributed by atoms with Gasteiger partial charge in [-0.3, -0.25) is 4.79 Å². The van der Waals surface area contributed by atoms with Crippen molar-refractivity contribution in [2.45, 2.75) is 83.0 Å². The van der Waals surface area contributed by atoms with Crippen molar-refractivity contribution in [2.24, 2.45) is 5.92 Å². The Morgan fingerprint density at radius 1 is 0.935 bits per heavy atom. The standard InChI is InChI=1S/C27H34F2O2/c1-2-3-4-5-6-20-15-17-27(18-16-20,26(30)31)23-12-9-21(10-13-23)7-8-22-11-14-24(28)25(29)19-22/h9-14,19-20H,2-8,15-18H2,1H3,(H,30,31). The Morgan fingerprint density at radius 2 is 1.58 bits per heavy atom. The smallest absolute Gasteiger partial charge is 0.314 e. The molecule has 31 heavy (non-hydrogen) atoms. The quantitative estimate of drug-likeness (QED) is 0.405. The number of carboxylic acids is 1. The highest BCUT2D eigenvalue weighted by atomic mass is 19.2. The molecule has 0 unspecified atom stereocenters. The normalized spacial score (nSPS) is 21.2. The number of aryl methyl sites for hydroxylation is 2. The molecule has 0 spiro atoms. The van der Waals surface area contributed by atoms with Crippen molar-refractivity contribution in [3.63, 3.8) is 0 Å². The van der Waals surface area contributed by atoms with Gasteiger partial charge in [0.1, 0.15) is 0 Å². The van der Waals surface area contributed by atoms with Crippen LogP contribution in [0.5, 0.6) is 0 Å². The third-order valence-electron chi connectivity index (χ3n) is 7.03. The van der Waals surface area contributed by atoms with E-state index in [1.54, 1.807) is 6.07 Å². The molecule has 0 aliphatic heterocycles. The van der Waals surface area contributed by atoms with Crippen molar-refractivity contribution in [1.29, 1.82) is 0 Å². The van der Waals surface area contributed by atoms with Gasteiger partial charge in [0.25, 0.3) is 0 Å². The van der Waals surface area contributed by atoms with Crippen molar-refractivity contribution >= 4 is 5.97 Å². The van der Waals surface area contributed by atoms with E-state index in [2.05, 4.69) is 6.92 Å². The Kier molecular flexibility index (Phi) is 8.22. The molecular weight excluding hydrogens is 394 g/mol. The van der Waals surface area contributed by atoms with Gasteiger partial charge in [0.2, 0.25) is 0 Å². The lowest BCUT2D eigenvalue weighted by atomic mass is 9.66. The highest BCUT2D eigenvalue weighted by molar-refractivity contribution is 5.81. The van der Waals surface area contributed by atoms with Crippen LogP contribution in [0.4, 0.5) is 8.78 Å². The van der Waals surface area contributed by atoms with Gasteiger partial charge in [0.15, 0.2) is 11.6 Å². The minimum absolute atomic E-state index is 0.611. The number of carboxylic acid groups (broad SMARTS) is 1. The lowest BCUT2D eigenvalue weighted by Gasteiger charge is -2.37. The minimum atomic E-state index is -0.831. The van der Waals surface area contributed by atoms with Gasteiger partial charge in [-0.1, -0.05) is 69.4 Å². The average Bonchev–Trinajstić information content (AvgIpc) is 2.78. The van der Waals surface area contributed by atoms with E-state index < -0.39 is 23.0 Å². The monoisotopic (exact) mass is 428 g/mol. The molecule has 0 saturated heterocycles. The molecule has 1 N–H and O–H groups in total. The van der Waals surface area contributed by atoms with E-state index in [4.69, 9.17) is 0 Å². The molecule has 1 saturated carbocycles. The van der Waals surface area contributed by atoms with Gasteiger partial charge in [-0.25, -0.2) is 8.78 Å². The predicted molar refractivity (Wildman–Crippen MR) is 120 cm³/mol. The highest BCUT2D eigenvalue weighted by Gasteiger charge is 2.43. The number of aliphatic carboxylic acids is 1. The first kappa shape index (κ1) is 23.4. The van der Waals surface area contributed by atoms with Crippen LogP contribution in [0.2, 0.25) is 0 Å². The van der Waals surface area contributed by atoms with Crippen molar-refractivity contribution < 1.29 is 18.7 Å². The molecular formula is C27H34F2O2. The summed E-state index contributed by atoms with van der Waals surface area (Å²) < 4.78 is 26.5. The van der Waals surface area contributed by atoms with Crippen LogP contribution in [-0.4, -0.2) is 11.1 Å². The summed E-state index contributed by atoms with van der Waals surface area (Å²) >= 11 is 0. The van der Waals surface area contributed by atoms with E-state index in [1.165, 1.54) is 38.2 Å². The van der Waals surface area contributed by atoms with Crippen molar-refractivity contribution in [3.05, 3.63) is 70.8 Å². The maximum absolute atomic E-state index is 13.4. The Balaban J connectivity index is 1.59.